The maximum absolute atomic E-state index is 3.67. The molecule has 2 saturated heterocycles. The zero-order valence-corrected chi connectivity index (χ0v) is 16.5. The smallest absolute Gasteiger partial charge is 0.0382 e. The molecule has 25 heavy (non-hydrogen) atoms. The number of likely N-dealkylation sites (tertiary alicyclic amines) is 1. The Labute approximate surface area is 154 Å². The Kier molecular flexibility index (Phi) is 6.40. The van der Waals surface area contributed by atoms with Crippen molar-refractivity contribution < 1.29 is 0 Å². The number of anilines is 1. The third kappa shape index (κ3) is 4.20. The van der Waals surface area contributed by atoms with Gasteiger partial charge in [0.25, 0.3) is 0 Å². The Balaban J connectivity index is 0.000000880. The average Bonchev–Trinajstić information content (AvgIpc) is 3.01. The molecule has 0 atom stereocenters. The van der Waals surface area contributed by atoms with Crippen LogP contribution in [-0.4, -0.2) is 44.2 Å². The third-order valence-electron chi connectivity index (χ3n) is 6.49. The molecular formula is C22H37N3. The molecule has 4 rings (SSSR count). The molecule has 0 radical (unpaired) electrons. The Hall–Kier alpha value is -1.06. The van der Waals surface area contributed by atoms with E-state index in [9.17, 15) is 0 Å². The van der Waals surface area contributed by atoms with Crippen LogP contribution in [0.4, 0.5) is 5.69 Å². The number of fused-ring (bicyclic) bond motifs is 2. The minimum atomic E-state index is 0.411. The van der Waals surface area contributed by atoms with Crippen LogP contribution in [0.3, 0.4) is 0 Å². The quantitative estimate of drug-likeness (QED) is 0.862. The minimum absolute atomic E-state index is 0.411. The van der Waals surface area contributed by atoms with Gasteiger partial charge in [-0.2, -0.15) is 0 Å². The molecule has 0 amide bonds. The van der Waals surface area contributed by atoms with E-state index in [0.717, 1.165) is 12.5 Å². The van der Waals surface area contributed by atoms with E-state index < -0.39 is 0 Å². The second-order valence-corrected chi connectivity index (χ2v) is 8.01. The predicted octanol–water partition coefficient (Wildman–Crippen LogP) is 4.17. The number of nitrogens with one attached hydrogen (secondary N) is 2. The van der Waals surface area contributed by atoms with E-state index in [0.29, 0.717) is 5.41 Å². The summed E-state index contributed by atoms with van der Waals surface area (Å²) in [6.45, 7) is 13.7. The molecule has 2 N–H and O–H groups in total. The molecule has 0 aromatic heterocycles. The molecule has 3 nitrogen and oxygen atoms in total. The fraction of sp³-hybridized carbons (Fsp3) is 0.727. The summed E-state index contributed by atoms with van der Waals surface area (Å²) in [6, 6.07) is 7.00. The number of nitrogens with zero attached hydrogens (tertiary/aromatic N) is 1. The van der Waals surface area contributed by atoms with Crippen molar-refractivity contribution in [1.29, 1.82) is 0 Å². The van der Waals surface area contributed by atoms with Gasteiger partial charge in [0.15, 0.2) is 0 Å². The normalized spacial score (nSPS) is 22.8. The number of hydrogen-bond acceptors (Lipinski definition) is 3. The zero-order chi connectivity index (χ0) is 17.7. The predicted molar refractivity (Wildman–Crippen MR) is 109 cm³/mol. The molecule has 3 aliphatic rings. The molecule has 3 aliphatic heterocycles. The molecule has 3 heteroatoms. The van der Waals surface area contributed by atoms with Crippen molar-refractivity contribution in [3.63, 3.8) is 0 Å². The maximum atomic E-state index is 3.67. The summed E-state index contributed by atoms with van der Waals surface area (Å²) < 4.78 is 0. The number of piperidine rings is 2. The Morgan fingerprint density at radius 1 is 1.12 bits per heavy atom. The first-order valence-corrected chi connectivity index (χ1v) is 10.5. The lowest BCUT2D eigenvalue weighted by atomic mass is 9.74. The third-order valence-corrected chi connectivity index (χ3v) is 6.49. The summed E-state index contributed by atoms with van der Waals surface area (Å²) in [7, 11) is 0. The van der Waals surface area contributed by atoms with Gasteiger partial charge in [0.1, 0.15) is 0 Å². The largest absolute Gasteiger partial charge is 0.384 e. The van der Waals surface area contributed by atoms with Gasteiger partial charge in [-0.25, -0.2) is 0 Å². The van der Waals surface area contributed by atoms with Crippen LogP contribution in [0, 0.1) is 12.8 Å². The maximum Gasteiger partial charge on any atom is 0.0382 e. The molecule has 1 aromatic rings. The summed E-state index contributed by atoms with van der Waals surface area (Å²) in [4.78, 5) is 2.72. The molecule has 0 unspecified atom stereocenters. The Bertz CT molecular complexity index is 540. The van der Waals surface area contributed by atoms with Gasteiger partial charge in [0, 0.05) is 17.6 Å². The van der Waals surface area contributed by atoms with Gasteiger partial charge >= 0.3 is 0 Å². The fourth-order valence-corrected chi connectivity index (χ4v) is 4.81. The molecule has 140 valence electrons. The summed E-state index contributed by atoms with van der Waals surface area (Å²) in [5.74, 6) is 0.962. The molecular weight excluding hydrogens is 306 g/mol. The standard InChI is InChI=1S/C20H31N3.C2H6/c1-16-2-3-18-19(14-16)22-15-20(18)7-12-23(13-8-20)11-6-17-4-9-21-10-5-17;1-2/h2-3,14,17,21-22H,4-13,15H2,1H3;1-2H3. The first-order chi connectivity index (χ1) is 12.3. The highest BCUT2D eigenvalue weighted by Gasteiger charge is 2.41. The SMILES string of the molecule is CC.Cc1ccc2c(c1)NCC21CCN(CCC2CCNCC2)CC1. The molecule has 0 saturated carbocycles. The Morgan fingerprint density at radius 2 is 1.84 bits per heavy atom. The fourth-order valence-electron chi connectivity index (χ4n) is 4.81. The molecule has 2 fully saturated rings. The van der Waals surface area contributed by atoms with Gasteiger partial charge in [0.05, 0.1) is 0 Å². The van der Waals surface area contributed by atoms with Gasteiger partial charge < -0.3 is 15.5 Å². The van der Waals surface area contributed by atoms with Crippen LogP contribution >= 0.6 is 0 Å². The highest BCUT2D eigenvalue weighted by Crippen LogP contribution is 2.44. The van der Waals surface area contributed by atoms with E-state index >= 15 is 0 Å². The first kappa shape index (κ1) is 18.7. The second-order valence-electron chi connectivity index (χ2n) is 8.01. The molecule has 0 bridgehead atoms. The monoisotopic (exact) mass is 343 g/mol. The van der Waals surface area contributed by atoms with Crippen molar-refractivity contribution in [3.05, 3.63) is 29.3 Å². The van der Waals surface area contributed by atoms with Crippen LogP contribution in [0.5, 0.6) is 0 Å². The summed E-state index contributed by atoms with van der Waals surface area (Å²) in [5, 5.41) is 7.15. The summed E-state index contributed by atoms with van der Waals surface area (Å²) >= 11 is 0. The van der Waals surface area contributed by atoms with Crippen molar-refractivity contribution >= 4 is 5.69 Å². The van der Waals surface area contributed by atoms with Crippen molar-refractivity contribution in [2.24, 2.45) is 5.92 Å². The first-order valence-electron chi connectivity index (χ1n) is 10.5. The molecule has 0 aliphatic carbocycles. The van der Waals surface area contributed by atoms with E-state index in [-0.39, 0.29) is 0 Å². The van der Waals surface area contributed by atoms with E-state index in [4.69, 9.17) is 0 Å². The van der Waals surface area contributed by atoms with Gasteiger partial charge in [-0.15, -0.1) is 0 Å². The van der Waals surface area contributed by atoms with Crippen LogP contribution in [0.1, 0.15) is 57.1 Å². The summed E-state index contributed by atoms with van der Waals surface area (Å²) in [6.07, 6.45) is 6.82. The van der Waals surface area contributed by atoms with Gasteiger partial charge in [0.2, 0.25) is 0 Å². The van der Waals surface area contributed by atoms with Crippen LogP contribution in [0.15, 0.2) is 18.2 Å². The number of rotatable bonds is 3. The van der Waals surface area contributed by atoms with E-state index in [2.05, 4.69) is 40.7 Å². The average molecular weight is 344 g/mol. The molecule has 1 spiro atoms. The topological polar surface area (TPSA) is 27.3 Å². The number of aryl methyl sites for hydroxylation is 1. The molecule has 3 heterocycles. The summed E-state index contributed by atoms with van der Waals surface area (Å²) in [5.41, 5.74) is 4.76. The van der Waals surface area contributed by atoms with Crippen molar-refractivity contribution in [2.45, 2.75) is 58.3 Å². The van der Waals surface area contributed by atoms with Crippen molar-refractivity contribution in [3.8, 4) is 0 Å². The van der Waals surface area contributed by atoms with Crippen molar-refractivity contribution in [1.82, 2.24) is 10.2 Å². The van der Waals surface area contributed by atoms with Crippen LogP contribution in [0.2, 0.25) is 0 Å². The van der Waals surface area contributed by atoms with Crippen molar-refractivity contribution in [2.75, 3.05) is 44.6 Å². The number of benzene rings is 1. The van der Waals surface area contributed by atoms with E-state index in [1.807, 2.05) is 13.8 Å². The van der Waals surface area contributed by atoms with E-state index in [1.54, 1.807) is 5.56 Å². The minimum Gasteiger partial charge on any atom is -0.384 e. The highest BCUT2D eigenvalue weighted by atomic mass is 15.1. The van der Waals surface area contributed by atoms with E-state index in [1.165, 1.54) is 76.1 Å². The van der Waals surface area contributed by atoms with Gasteiger partial charge in [-0.1, -0.05) is 26.0 Å². The second kappa shape index (κ2) is 8.55. The lowest BCUT2D eigenvalue weighted by Crippen LogP contribution is -2.44. The number of hydrogen-bond donors (Lipinski definition) is 2. The van der Waals surface area contributed by atoms with Crippen LogP contribution < -0.4 is 10.6 Å². The highest BCUT2D eigenvalue weighted by molar-refractivity contribution is 5.61. The lowest BCUT2D eigenvalue weighted by molar-refractivity contribution is 0.155. The van der Waals surface area contributed by atoms with Crippen LogP contribution in [0.25, 0.3) is 0 Å². The Morgan fingerprint density at radius 3 is 2.56 bits per heavy atom. The lowest BCUT2D eigenvalue weighted by Gasteiger charge is -2.40. The molecule has 1 aromatic carbocycles. The zero-order valence-electron chi connectivity index (χ0n) is 16.5. The van der Waals surface area contributed by atoms with Gasteiger partial charge in [-0.05, 0) is 94.9 Å². The van der Waals surface area contributed by atoms with Gasteiger partial charge in [-0.3, -0.25) is 0 Å². The van der Waals surface area contributed by atoms with Crippen LogP contribution in [-0.2, 0) is 5.41 Å².